The highest BCUT2D eigenvalue weighted by Crippen LogP contribution is 2.36. The van der Waals surface area contributed by atoms with Gasteiger partial charge in [0.25, 0.3) is 5.91 Å². The van der Waals surface area contributed by atoms with Gasteiger partial charge in [-0.1, -0.05) is 17.7 Å². The van der Waals surface area contributed by atoms with Gasteiger partial charge in [0.1, 0.15) is 5.82 Å². The maximum absolute atomic E-state index is 13.3. The summed E-state index contributed by atoms with van der Waals surface area (Å²) in [5.41, 5.74) is 0.475. The molecule has 0 radical (unpaired) electrons. The highest BCUT2D eigenvalue weighted by Gasteiger charge is 2.37. The number of aryl methyl sites for hydroxylation is 1. The summed E-state index contributed by atoms with van der Waals surface area (Å²) in [6.07, 6.45) is -2.31. The predicted octanol–water partition coefficient (Wildman–Crippen LogP) is 4.46. The van der Waals surface area contributed by atoms with Gasteiger partial charge in [-0.15, -0.1) is 0 Å². The summed E-state index contributed by atoms with van der Waals surface area (Å²) in [6.45, 7) is 1.72. The number of pyridine rings is 1. The number of nitrogens with zero attached hydrogens (tertiary/aromatic N) is 2. The Balaban J connectivity index is 1.58. The minimum absolute atomic E-state index is 0.0321. The van der Waals surface area contributed by atoms with Gasteiger partial charge in [0.05, 0.1) is 22.2 Å². The zero-order valence-electron chi connectivity index (χ0n) is 16.7. The van der Waals surface area contributed by atoms with Gasteiger partial charge >= 0.3 is 12.1 Å². The smallest absolute Gasteiger partial charge is 0.419 e. The van der Waals surface area contributed by atoms with Crippen LogP contribution in [0.1, 0.15) is 24.0 Å². The summed E-state index contributed by atoms with van der Waals surface area (Å²) in [6, 6.07) is 7.29. The minimum Gasteiger partial charge on any atom is -0.455 e. The van der Waals surface area contributed by atoms with Crippen molar-refractivity contribution in [3.05, 3.63) is 52.7 Å². The molecule has 1 aromatic carbocycles. The molecule has 1 saturated heterocycles. The lowest BCUT2D eigenvalue weighted by Crippen LogP contribution is -2.41. The number of nitrogens with one attached hydrogen (secondary N) is 1. The van der Waals surface area contributed by atoms with Crippen molar-refractivity contribution in [2.75, 3.05) is 29.9 Å². The first kappa shape index (κ1) is 22.9. The van der Waals surface area contributed by atoms with Gasteiger partial charge in [0.2, 0.25) is 0 Å². The standard InChI is InChI=1S/C21H21ClF3N3O3/c1-13-6-7-17(16(22)10-13)27-18(29)12-31-20(30)14-4-3-9-28(11-14)19-15(21(23,24)25)5-2-8-26-19/h2,5-8,10,14H,3-4,9,11-12H2,1H3,(H,27,29). The number of amides is 1. The van der Waals surface area contributed by atoms with Gasteiger partial charge in [0.15, 0.2) is 6.61 Å². The third kappa shape index (κ3) is 5.88. The van der Waals surface area contributed by atoms with Crippen molar-refractivity contribution in [2.45, 2.75) is 25.9 Å². The van der Waals surface area contributed by atoms with Crippen molar-refractivity contribution in [3.8, 4) is 0 Å². The normalized spacial score (nSPS) is 16.7. The van der Waals surface area contributed by atoms with Crippen LogP contribution >= 0.6 is 11.6 Å². The van der Waals surface area contributed by atoms with Crippen LogP contribution in [0.4, 0.5) is 24.7 Å². The van der Waals surface area contributed by atoms with Gasteiger partial charge in [-0.3, -0.25) is 9.59 Å². The van der Waals surface area contributed by atoms with Gasteiger partial charge in [-0.05, 0) is 49.6 Å². The van der Waals surface area contributed by atoms with E-state index >= 15 is 0 Å². The number of ether oxygens (including phenoxy) is 1. The van der Waals surface area contributed by atoms with E-state index in [9.17, 15) is 22.8 Å². The van der Waals surface area contributed by atoms with Crippen LogP contribution in [0.2, 0.25) is 5.02 Å². The van der Waals surface area contributed by atoms with E-state index in [2.05, 4.69) is 10.3 Å². The highest BCUT2D eigenvalue weighted by atomic mass is 35.5. The average molecular weight is 456 g/mol. The molecule has 1 fully saturated rings. The fourth-order valence-corrected chi connectivity index (χ4v) is 3.68. The number of carbonyl (C=O) groups is 2. The van der Waals surface area contributed by atoms with Crippen molar-refractivity contribution in [2.24, 2.45) is 5.92 Å². The molecule has 0 spiro atoms. The topological polar surface area (TPSA) is 71.5 Å². The number of aromatic nitrogens is 1. The molecule has 1 aromatic heterocycles. The van der Waals surface area contributed by atoms with Crippen molar-refractivity contribution in [3.63, 3.8) is 0 Å². The van der Waals surface area contributed by atoms with E-state index in [-0.39, 0.29) is 12.4 Å². The Kier molecular flexibility index (Phi) is 7.04. The van der Waals surface area contributed by atoms with Crippen LogP contribution in [0.5, 0.6) is 0 Å². The van der Waals surface area contributed by atoms with Gasteiger partial charge < -0.3 is 15.0 Å². The molecular weight excluding hydrogens is 435 g/mol. The second-order valence-electron chi connectivity index (χ2n) is 7.30. The fourth-order valence-electron chi connectivity index (χ4n) is 3.39. The first-order valence-electron chi connectivity index (χ1n) is 9.65. The summed E-state index contributed by atoms with van der Waals surface area (Å²) in [5.74, 6) is -2.07. The molecule has 1 atom stereocenters. The van der Waals surface area contributed by atoms with Crippen LogP contribution in [0.15, 0.2) is 36.5 Å². The third-order valence-corrected chi connectivity index (χ3v) is 5.20. The molecule has 1 amide bonds. The van der Waals surface area contributed by atoms with Crippen molar-refractivity contribution < 1.29 is 27.5 Å². The number of anilines is 2. The summed E-state index contributed by atoms with van der Waals surface area (Å²) >= 11 is 6.06. The third-order valence-electron chi connectivity index (χ3n) is 4.89. The second-order valence-corrected chi connectivity index (χ2v) is 7.70. The molecule has 1 aliphatic heterocycles. The number of hydrogen-bond donors (Lipinski definition) is 1. The number of halogens is 4. The van der Waals surface area contributed by atoms with Crippen molar-refractivity contribution in [1.82, 2.24) is 4.98 Å². The first-order valence-corrected chi connectivity index (χ1v) is 10.0. The number of hydrogen-bond acceptors (Lipinski definition) is 5. The van der Waals surface area contributed by atoms with Gasteiger partial charge in [-0.2, -0.15) is 13.2 Å². The average Bonchev–Trinajstić information content (AvgIpc) is 2.73. The SMILES string of the molecule is Cc1ccc(NC(=O)COC(=O)C2CCCN(c3ncccc3C(F)(F)F)C2)c(Cl)c1. The number of benzene rings is 1. The quantitative estimate of drug-likeness (QED) is 0.674. The molecule has 31 heavy (non-hydrogen) atoms. The van der Waals surface area contributed by atoms with Crippen LogP contribution in [0, 0.1) is 12.8 Å². The number of esters is 1. The van der Waals surface area contributed by atoms with E-state index in [1.54, 1.807) is 18.2 Å². The largest absolute Gasteiger partial charge is 0.455 e. The van der Waals surface area contributed by atoms with Gasteiger partial charge in [0, 0.05) is 19.3 Å². The second kappa shape index (κ2) is 9.55. The molecule has 3 rings (SSSR count). The molecule has 0 saturated carbocycles. The number of rotatable bonds is 5. The molecule has 1 unspecified atom stereocenters. The molecular formula is C21H21ClF3N3O3. The summed E-state index contributed by atoms with van der Waals surface area (Å²) in [7, 11) is 0. The maximum atomic E-state index is 13.3. The molecule has 2 aromatic rings. The summed E-state index contributed by atoms with van der Waals surface area (Å²) < 4.78 is 45.0. The Hall–Kier alpha value is -2.81. The van der Waals surface area contributed by atoms with Crippen LogP contribution in [-0.4, -0.2) is 36.6 Å². The van der Waals surface area contributed by atoms with Crippen LogP contribution in [0.3, 0.4) is 0 Å². The molecule has 1 aliphatic rings. The molecule has 6 nitrogen and oxygen atoms in total. The van der Waals surface area contributed by atoms with E-state index in [1.165, 1.54) is 17.2 Å². The first-order chi connectivity index (χ1) is 14.6. The Labute approximate surface area is 182 Å². The lowest BCUT2D eigenvalue weighted by molar-refractivity contribution is -0.151. The van der Waals surface area contributed by atoms with E-state index in [4.69, 9.17) is 16.3 Å². The number of piperidine rings is 1. The number of carbonyl (C=O) groups excluding carboxylic acids is 2. The molecule has 166 valence electrons. The number of alkyl halides is 3. The molecule has 0 aliphatic carbocycles. The fraction of sp³-hybridized carbons (Fsp3) is 0.381. The predicted molar refractivity (Wildman–Crippen MR) is 110 cm³/mol. The van der Waals surface area contributed by atoms with Crippen molar-refractivity contribution in [1.29, 1.82) is 0 Å². The molecule has 2 heterocycles. The molecule has 10 heteroatoms. The van der Waals surface area contributed by atoms with E-state index in [0.29, 0.717) is 30.1 Å². The lowest BCUT2D eigenvalue weighted by atomic mass is 9.98. The van der Waals surface area contributed by atoms with Crippen molar-refractivity contribution >= 4 is 35.0 Å². The van der Waals surface area contributed by atoms with Gasteiger partial charge in [-0.25, -0.2) is 4.98 Å². The zero-order chi connectivity index (χ0) is 22.6. The maximum Gasteiger partial charge on any atom is 0.419 e. The van der Waals surface area contributed by atoms with Crippen LogP contribution in [0.25, 0.3) is 0 Å². The summed E-state index contributed by atoms with van der Waals surface area (Å²) in [5, 5.41) is 2.92. The highest BCUT2D eigenvalue weighted by molar-refractivity contribution is 6.33. The Morgan fingerprint density at radius 2 is 2.10 bits per heavy atom. The van der Waals surface area contributed by atoms with E-state index in [0.717, 1.165) is 11.6 Å². The van der Waals surface area contributed by atoms with Crippen LogP contribution < -0.4 is 10.2 Å². The Morgan fingerprint density at radius 3 is 2.81 bits per heavy atom. The molecule has 1 N–H and O–H groups in total. The molecule has 0 bridgehead atoms. The van der Waals surface area contributed by atoms with Crippen LogP contribution in [-0.2, 0) is 20.5 Å². The van der Waals surface area contributed by atoms with E-state index in [1.807, 2.05) is 6.92 Å². The Bertz CT molecular complexity index is 968. The minimum atomic E-state index is -4.55. The monoisotopic (exact) mass is 455 g/mol. The van der Waals surface area contributed by atoms with E-state index < -0.39 is 36.1 Å². The lowest BCUT2D eigenvalue weighted by Gasteiger charge is -2.33. The zero-order valence-corrected chi connectivity index (χ0v) is 17.5. The summed E-state index contributed by atoms with van der Waals surface area (Å²) in [4.78, 5) is 29.8. The Morgan fingerprint density at radius 1 is 1.32 bits per heavy atom.